The summed E-state index contributed by atoms with van der Waals surface area (Å²) in [6.45, 7) is 3.89. The Morgan fingerprint density at radius 2 is 1.78 bits per heavy atom. The van der Waals surface area contributed by atoms with Crippen molar-refractivity contribution in [2.24, 2.45) is 17.6 Å². The van der Waals surface area contributed by atoms with Crippen LogP contribution in [0.2, 0.25) is 0 Å². The van der Waals surface area contributed by atoms with Crippen LogP contribution in [0.1, 0.15) is 26.7 Å². The summed E-state index contributed by atoms with van der Waals surface area (Å²) in [5.41, 5.74) is 6.14. The Morgan fingerprint density at radius 3 is 2.30 bits per heavy atom. The Balaban J connectivity index is 0.00000364. The van der Waals surface area contributed by atoms with Gasteiger partial charge in [0.25, 0.3) is 0 Å². The average Bonchev–Trinajstić information content (AvgIpc) is 3.42. The first kappa shape index (κ1) is 23.4. The molecule has 1 saturated carbocycles. The topological polar surface area (TPSA) is 130 Å². The molecule has 1 atom stereocenters. The number of hydrogen-bond donors (Lipinski definition) is 4. The van der Waals surface area contributed by atoms with E-state index in [0.717, 1.165) is 12.8 Å². The molecule has 0 aliphatic heterocycles. The second kappa shape index (κ2) is 10.0. The van der Waals surface area contributed by atoms with Gasteiger partial charge in [-0.2, -0.15) is 0 Å². The largest absolute Gasteiger partial charge is 0.346 e. The summed E-state index contributed by atoms with van der Waals surface area (Å²) in [6, 6.07) is 5.20. The van der Waals surface area contributed by atoms with E-state index >= 15 is 0 Å². The highest BCUT2D eigenvalue weighted by Gasteiger charge is 2.24. The summed E-state index contributed by atoms with van der Waals surface area (Å²) in [6.07, 6.45) is 2.12. The van der Waals surface area contributed by atoms with Gasteiger partial charge in [-0.25, -0.2) is 13.1 Å². The van der Waals surface area contributed by atoms with Crippen molar-refractivity contribution in [1.82, 2.24) is 10.0 Å². The number of benzene rings is 1. The number of carbonyl (C=O) groups excluding carboxylic acids is 2. The van der Waals surface area contributed by atoms with Crippen molar-refractivity contribution in [3.8, 4) is 0 Å². The maximum absolute atomic E-state index is 12.1. The van der Waals surface area contributed by atoms with Crippen molar-refractivity contribution in [3.05, 3.63) is 24.3 Å². The van der Waals surface area contributed by atoms with Gasteiger partial charge in [-0.1, -0.05) is 13.8 Å². The zero-order valence-corrected chi connectivity index (χ0v) is 17.0. The van der Waals surface area contributed by atoms with Crippen LogP contribution in [0.25, 0.3) is 0 Å². The number of anilines is 1. The van der Waals surface area contributed by atoms with E-state index in [-0.39, 0.29) is 29.8 Å². The van der Waals surface area contributed by atoms with E-state index < -0.39 is 27.9 Å². The zero-order chi connectivity index (χ0) is 19.3. The first-order valence-corrected chi connectivity index (χ1v) is 10.1. The van der Waals surface area contributed by atoms with Crippen LogP contribution >= 0.6 is 12.4 Å². The lowest BCUT2D eigenvalue weighted by molar-refractivity contribution is -0.125. The van der Waals surface area contributed by atoms with Gasteiger partial charge in [0, 0.05) is 12.2 Å². The molecule has 1 aromatic rings. The molecule has 1 aliphatic carbocycles. The predicted molar refractivity (Wildman–Crippen MR) is 106 cm³/mol. The van der Waals surface area contributed by atoms with Crippen LogP contribution in [0, 0.1) is 11.8 Å². The molecule has 1 aliphatic rings. The number of nitrogens with two attached hydrogens (primary N) is 1. The SMILES string of the molecule is CC(C)[C@H](N)C(=O)NCC(=O)Nc1ccc(S(=O)(=O)NCC2CC2)cc1.Cl. The van der Waals surface area contributed by atoms with Crippen LogP contribution in [-0.2, 0) is 19.6 Å². The maximum atomic E-state index is 12.1. The van der Waals surface area contributed by atoms with Crippen molar-refractivity contribution in [3.63, 3.8) is 0 Å². The Labute approximate surface area is 166 Å². The van der Waals surface area contributed by atoms with E-state index in [1.807, 2.05) is 13.8 Å². The van der Waals surface area contributed by atoms with Crippen molar-refractivity contribution in [1.29, 1.82) is 0 Å². The molecule has 10 heteroatoms. The van der Waals surface area contributed by atoms with Gasteiger partial charge in [-0.15, -0.1) is 12.4 Å². The van der Waals surface area contributed by atoms with Crippen LogP contribution in [0.3, 0.4) is 0 Å². The number of hydrogen-bond acceptors (Lipinski definition) is 5. The van der Waals surface area contributed by atoms with Gasteiger partial charge in [-0.05, 0) is 48.9 Å². The van der Waals surface area contributed by atoms with Gasteiger partial charge in [0.2, 0.25) is 21.8 Å². The van der Waals surface area contributed by atoms with Gasteiger partial charge in [0.05, 0.1) is 17.5 Å². The molecule has 0 heterocycles. The average molecular weight is 419 g/mol. The van der Waals surface area contributed by atoms with Gasteiger partial charge in [0.15, 0.2) is 0 Å². The Morgan fingerprint density at radius 1 is 1.19 bits per heavy atom. The molecule has 0 unspecified atom stereocenters. The van der Waals surface area contributed by atoms with Gasteiger partial charge < -0.3 is 16.4 Å². The summed E-state index contributed by atoms with van der Waals surface area (Å²) in [5, 5.41) is 5.07. The van der Waals surface area contributed by atoms with Crippen molar-refractivity contribution in [2.45, 2.75) is 37.6 Å². The molecule has 0 bridgehead atoms. The van der Waals surface area contributed by atoms with Crippen LogP contribution in [0.5, 0.6) is 0 Å². The van der Waals surface area contributed by atoms with E-state index in [1.54, 1.807) is 0 Å². The third-order valence-corrected chi connectivity index (χ3v) is 5.59. The third-order valence-electron chi connectivity index (χ3n) is 4.15. The van der Waals surface area contributed by atoms with Gasteiger partial charge in [-0.3, -0.25) is 9.59 Å². The third kappa shape index (κ3) is 7.45. The molecule has 0 saturated heterocycles. The summed E-state index contributed by atoms with van der Waals surface area (Å²) < 4.78 is 26.8. The molecule has 1 fully saturated rings. The zero-order valence-electron chi connectivity index (χ0n) is 15.4. The highest BCUT2D eigenvalue weighted by atomic mass is 35.5. The molecule has 8 nitrogen and oxygen atoms in total. The fourth-order valence-corrected chi connectivity index (χ4v) is 3.26. The molecule has 1 aromatic carbocycles. The number of amides is 2. The van der Waals surface area contributed by atoms with Crippen molar-refractivity contribution in [2.75, 3.05) is 18.4 Å². The number of nitrogens with one attached hydrogen (secondary N) is 3. The highest BCUT2D eigenvalue weighted by molar-refractivity contribution is 7.89. The minimum absolute atomic E-state index is 0. The lowest BCUT2D eigenvalue weighted by Crippen LogP contribution is -2.46. The van der Waals surface area contributed by atoms with E-state index in [9.17, 15) is 18.0 Å². The molecular weight excluding hydrogens is 392 g/mol. The highest BCUT2D eigenvalue weighted by Crippen LogP contribution is 2.28. The molecule has 5 N–H and O–H groups in total. The molecule has 152 valence electrons. The smallest absolute Gasteiger partial charge is 0.243 e. The molecule has 0 spiro atoms. The Hall–Kier alpha value is -1.68. The van der Waals surface area contributed by atoms with Crippen LogP contribution in [0.4, 0.5) is 5.69 Å². The van der Waals surface area contributed by atoms with E-state index in [2.05, 4.69) is 15.4 Å². The number of halogens is 1. The number of rotatable bonds is 9. The van der Waals surface area contributed by atoms with Crippen molar-refractivity contribution < 1.29 is 18.0 Å². The quantitative estimate of drug-likeness (QED) is 0.472. The maximum Gasteiger partial charge on any atom is 0.243 e. The first-order chi connectivity index (χ1) is 12.2. The molecular formula is C17H27ClN4O4S. The van der Waals surface area contributed by atoms with Gasteiger partial charge in [0.1, 0.15) is 0 Å². The summed E-state index contributed by atoms with van der Waals surface area (Å²) in [7, 11) is -3.53. The second-order valence-corrected chi connectivity index (χ2v) is 8.62. The predicted octanol–water partition coefficient (Wildman–Crippen LogP) is 0.835. The van der Waals surface area contributed by atoms with Crippen LogP contribution in [-0.4, -0.2) is 39.4 Å². The van der Waals surface area contributed by atoms with Crippen molar-refractivity contribution >= 4 is 39.9 Å². The summed E-state index contributed by atoms with van der Waals surface area (Å²) >= 11 is 0. The fourth-order valence-electron chi connectivity index (χ4n) is 2.14. The minimum atomic E-state index is -3.53. The summed E-state index contributed by atoms with van der Waals surface area (Å²) in [4.78, 5) is 23.7. The standard InChI is InChI=1S/C17H26N4O4S.ClH/c1-11(2)16(18)17(23)19-10-15(22)21-13-5-7-14(8-6-13)26(24,25)20-9-12-3-4-12;/h5-8,11-12,16,20H,3-4,9-10,18H2,1-2H3,(H,19,23)(H,21,22);1H/t16-;/m0./s1. The van der Waals surface area contributed by atoms with Crippen LogP contribution < -0.4 is 21.1 Å². The fraction of sp³-hybridized carbons (Fsp3) is 0.529. The Kier molecular flexibility index (Phi) is 8.67. The Bertz CT molecular complexity index is 749. The monoisotopic (exact) mass is 418 g/mol. The second-order valence-electron chi connectivity index (χ2n) is 6.86. The first-order valence-electron chi connectivity index (χ1n) is 8.62. The minimum Gasteiger partial charge on any atom is -0.346 e. The molecule has 2 amide bonds. The normalized spacial score (nSPS) is 15.0. The van der Waals surface area contributed by atoms with Gasteiger partial charge >= 0.3 is 0 Å². The molecule has 0 radical (unpaired) electrons. The lowest BCUT2D eigenvalue weighted by Gasteiger charge is -2.15. The molecule has 0 aromatic heterocycles. The molecule has 2 rings (SSSR count). The van der Waals surface area contributed by atoms with Crippen LogP contribution in [0.15, 0.2) is 29.2 Å². The van der Waals surface area contributed by atoms with E-state index in [1.165, 1.54) is 24.3 Å². The number of sulfonamides is 1. The van der Waals surface area contributed by atoms with E-state index in [4.69, 9.17) is 5.73 Å². The van der Waals surface area contributed by atoms with E-state index in [0.29, 0.717) is 18.2 Å². The molecule has 27 heavy (non-hydrogen) atoms. The summed E-state index contributed by atoms with van der Waals surface area (Å²) in [5.74, 6) is -0.390. The number of carbonyl (C=O) groups is 2. The lowest BCUT2D eigenvalue weighted by atomic mass is 10.1.